The Morgan fingerprint density at radius 3 is 2.46 bits per heavy atom. The molecule has 0 atom stereocenters. The van der Waals surface area contributed by atoms with Crippen molar-refractivity contribution in [2.24, 2.45) is 0 Å². The molecule has 1 saturated heterocycles. The van der Waals surface area contributed by atoms with E-state index in [0.29, 0.717) is 48.9 Å². The molecule has 1 N–H and O–H groups in total. The third-order valence-corrected chi connectivity index (χ3v) is 4.71. The van der Waals surface area contributed by atoms with Crippen LogP contribution in [0.3, 0.4) is 0 Å². The van der Waals surface area contributed by atoms with E-state index in [0.717, 1.165) is 0 Å². The summed E-state index contributed by atoms with van der Waals surface area (Å²) in [6.07, 6.45) is 3.73. The summed E-state index contributed by atoms with van der Waals surface area (Å²) in [5.74, 6) is -0.490. The van der Waals surface area contributed by atoms with E-state index >= 15 is 0 Å². The van der Waals surface area contributed by atoms with Crippen molar-refractivity contribution in [1.82, 2.24) is 9.80 Å². The Bertz CT molecular complexity index is 870. The molecular formula is C21H21ClFN3O2. The first kappa shape index (κ1) is 19.9. The summed E-state index contributed by atoms with van der Waals surface area (Å²) in [4.78, 5) is 28.3. The van der Waals surface area contributed by atoms with Crippen molar-refractivity contribution in [3.63, 3.8) is 0 Å². The van der Waals surface area contributed by atoms with Crippen LogP contribution >= 0.6 is 11.6 Å². The van der Waals surface area contributed by atoms with Gasteiger partial charge in [0.1, 0.15) is 5.82 Å². The summed E-state index contributed by atoms with van der Waals surface area (Å²) < 4.78 is 13.2. The summed E-state index contributed by atoms with van der Waals surface area (Å²) in [6.45, 7) is 2.02. The molecule has 0 spiro atoms. The fourth-order valence-corrected chi connectivity index (χ4v) is 3.09. The second kappa shape index (κ2) is 9.37. The van der Waals surface area contributed by atoms with Gasteiger partial charge in [-0.1, -0.05) is 23.7 Å². The minimum Gasteiger partial charge on any atom is -0.337 e. The third-order valence-electron chi connectivity index (χ3n) is 4.46. The molecule has 1 heterocycles. The van der Waals surface area contributed by atoms with Crippen LogP contribution in [0.2, 0.25) is 5.02 Å². The number of hydrogen-bond acceptors (Lipinski definition) is 2. The van der Waals surface area contributed by atoms with E-state index < -0.39 is 0 Å². The second-order valence-corrected chi connectivity index (χ2v) is 6.93. The number of hydrogen-bond donors (Lipinski definition) is 1. The zero-order chi connectivity index (χ0) is 19.9. The lowest BCUT2D eigenvalue weighted by Crippen LogP contribution is -2.39. The van der Waals surface area contributed by atoms with E-state index in [1.807, 2.05) is 0 Å². The molecule has 28 heavy (non-hydrogen) atoms. The highest BCUT2D eigenvalue weighted by Gasteiger charge is 2.21. The van der Waals surface area contributed by atoms with Crippen LogP contribution in [0.4, 0.5) is 14.9 Å². The lowest BCUT2D eigenvalue weighted by Gasteiger charge is -2.22. The Morgan fingerprint density at radius 2 is 1.71 bits per heavy atom. The highest BCUT2D eigenvalue weighted by molar-refractivity contribution is 6.30. The fraction of sp³-hybridized carbons (Fsp3) is 0.238. The van der Waals surface area contributed by atoms with Crippen LogP contribution in [-0.2, 0) is 4.79 Å². The molecule has 0 radical (unpaired) electrons. The Morgan fingerprint density at radius 1 is 1.00 bits per heavy atom. The molecule has 0 aromatic heterocycles. The number of nitrogens with one attached hydrogen (secondary N) is 1. The predicted molar refractivity (Wildman–Crippen MR) is 109 cm³/mol. The van der Waals surface area contributed by atoms with Gasteiger partial charge >= 0.3 is 6.03 Å². The number of amides is 3. The van der Waals surface area contributed by atoms with Gasteiger partial charge in [0.15, 0.2) is 0 Å². The predicted octanol–water partition coefficient (Wildman–Crippen LogP) is 4.26. The number of carbonyl (C=O) groups excluding carboxylic acids is 2. The minimum atomic E-state index is -0.341. The topological polar surface area (TPSA) is 52.7 Å². The highest BCUT2D eigenvalue weighted by Crippen LogP contribution is 2.15. The maximum Gasteiger partial charge on any atom is 0.321 e. The van der Waals surface area contributed by atoms with Crippen molar-refractivity contribution >= 4 is 35.3 Å². The minimum absolute atomic E-state index is 0.149. The van der Waals surface area contributed by atoms with Gasteiger partial charge < -0.3 is 15.1 Å². The number of carbonyl (C=O) groups is 2. The molecule has 0 aliphatic carbocycles. The molecule has 146 valence electrons. The van der Waals surface area contributed by atoms with Crippen molar-refractivity contribution < 1.29 is 14.0 Å². The van der Waals surface area contributed by atoms with E-state index in [1.165, 1.54) is 18.2 Å². The molecule has 5 nitrogen and oxygen atoms in total. The van der Waals surface area contributed by atoms with Gasteiger partial charge in [0.05, 0.1) is 0 Å². The number of halogens is 2. The maximum absolute atomic E-state index is 13.2. The Balaban J connectivity index is 1.54. The van der Waals surface area contributed by atoms with Gasteiger partial charge in [-0.25, -0.2) is 9.18 Å². The summed E-state index contributed by atoms with van der Waals surface area (Å²) in [5.41, 5.74) is 1.30. The molecule has 1 fully saturated rings. The van der Waals surface area contributed by atoms with Crippen LogP contribution in [0.1, 0.15) is 12.0 Å². The lowest BCUT2D eigenvalue weighted by atomic mass is 10.2. The highest BCUT2D eigenvalue weighted by atomic mass is 35.5. The number of nitrogens with zero attached hydrogens (tertiary/aromatic N) is 2. The van der Waals surface area contributed by atoms with E-state index in [-0.39, 0.29) is 17.8 Å². The number of rotatable bonds is 3. The van der Waals surface area contributed by atoms with Crippen LogP contribution in [-0.4, -0.2) is 47.9 Å². The van der Waals surface area contributed by atoms with Crippen LogP contribution in [0.5, 0.6) is 0 Å². The SMILES string of the molecule is O=C(/C=C/c1cccc(F)c1)N1CCCN(C(=O)Nc2ccc(Cl)cc2)CC1. The van der Waals surface area contributed by atoms with Gasteiger partial charge in [0, 0.05) is 43.0 Å². The first-order valence-corrected chi connectivity index (χ1v) is 9.43. The number of urea groups is 1. The molecule has 3 rings (SSSR count). The number of benzene rings is 2. The largest absolute Gasteiger partial charge is 0.337 e. The molecule has 2 aromatic rings. The molecule has 3 amide bonds. The third kappa shape index (κ3) is 5.57. The molecule has 0 unspecified atom stereocenters. The van der Waals surface area contributed by atoms with E-state index in [9.17, 15) is 14.0 Å². The van der Waals surface area contributed by atoms with Crippen molar-refractivity contribution in [1.29, 1.82) is 0 Å². The summed E-state index contributed by atoms with van der Waals surface area (Å²) in [7, 11) is 0. The van der Waals surface area contributed by atoms with Crippen molar-refractivity contribution in [2.45, 2.75) is 6.42 Å². The zero-order valence-electron chi connectivity index (χ0n) is 15.3. The van der Waals surface area contributed by atoms with Gasteiger partial charge in [0.2, 0.25) is 5.91 Å². The van der Waals surface area contributed by atoms with Gasteiger partial charge in [-0.05, 0) is 54.5 Å². The van der Waals surface area contributed by atoms with Gasteiger partial charge in [0.25, 0.3) is 0 Å². The average molecular weight is 402 g/mol. The molecule has 0 saturated carbocycles. The average Bonchev–Trinajstić information content (AvgIpc) is 2.94. The zero-order valence-corrected chi connectivity index (χ0v) is 16.0. The summed E-state index contributed by atoms with van der Waals surface area (Å²) in [6, 6.07) is 12.8. The van der Waals surface area contributed by atoms with Crippen molar-refractivity contribution in [3.8, 4) is 0 Å². The summed E-state index contributed by atoms with van der Waals surface area (Å²) in [5, 5.41) is 3.44. The molecule has 1 aliphatic rings. The van der Waals surface area contributed by atoms with Crippen LogP contribution < -0.4 is 5.32 Å². The standard InChI is InChI=1S/C21H21ClFN3O2/c22-17-6-8-19(9-7-17)24-21(28)26-12-2-11-25(13-14-26)20(27)10-5-16-3-1-4-18(23)15-16/h1,3-10,15H,2,11-14H2,(H,24,28)/b10-5+. The van der Waals surface area contributed by atoms with Crippen LogP contribution in [0.15, 0.2) is 54.6 Å². The second-order valence-electron chi connectivity index (χ2n) is 6.49. The van der Waals surface area contributed by atoms with Crippen molar-refractivity contribution in [2.75, 3.05) is 31.5 Å². The Hall–Kier alpha value is -2.86. The maximum atomic E-state index is 13.2. The first-order valence-electron chi connectivity index (χ1n) is 9.05. The van der Waals surface area contributed by atoms with Crippen LogP contribution in [0, 0.1) is 5.82 Å². The van der Waals surface area contributed by atoms with Crippen LogP contribution in [0.25, 0.3) is 6.08 Å². The lowest BCUT2D eigenvalue weighted by molar-refractivity contribution is -0.125. The van der Waals surface area contributed by atoms with Gasteiger partial charge in [-0.3, -0.25) is 4.79 Å². The van der Waals surface area contributed by atoms with E-state index in [2.05, 4.69) is 5.32 Å². The normalized spacial score (nSPS) is 14.8. The monoisotopic (exact) mass is 401 g/mol. The molecule has 0 bridgehead atoms. The first-order chi connectivity index (χ1) is 13.5. The Kier molecular flexibility index (Phi) is 6.66. The molecular weight excluding hydrogens is 381 g/mol. The molecule has 7 heteroatoms. The summed E-state index contributed by atoms with van der Waals surface area (Å²) >= 11 is 5.85. The Labute approximate surface area is 168 Å². The van der Waals surface area contributed by atoms with Crippen molar-refractivity contribution in [3.05, 3.63) is 71.0 Å². The van der Waals surface area contributed by atoms with Gasteiger partial charge in [-0.15, -0.1) is 0 Å². The fourth-order valence-electron chi connectivity index (χ4n) is 2.96. The molecule has 2 aromatic carbocycles. The quantitative estimate of drug-likeness (QED) is 0.781. The smallest absolute Gasteiger partial charge is 0.321 e. The number of anilines is 1. The van der Waals surface area contributed by atoms with E-state index in [1.54, 1.807) is 52.3 Å². The van der Waals surface area contributed by atoms with Gasteiger partial charge in [-0.2, -0.15) is 0 Å². The molecule has 1 aliphatic heterocycles. The van der Waals surface area contributed by atoms with E-state index in [4.69, 9.17) is 11.6 Å².